The summed E-state index contributed by atoms with van der Waals surface area (Å²) < 4.78 is 12.9. The van der Waals surface area contributed by atoms with E-state index in [4.69, 9.17) is 9.47 Å². The Morgan fingerprint density at radius 2 is 2.11 bits per heavy atom. The third kappa shape index (κ3) is 10.1. The first-order chi connectivity index (χ1) is 12.8. The molecule has 1 aromatic heterocycles. The van der Waals surface area contributed by atoms with E-state index in [9.17, 15) is 4.79 Å². The molecule has 27 heavy (non-hydrogen) atoms. The van der Waals surface area contributed by atoms with Gasteiger partial charge in [0.15, 0.2) is 5.96 Å². The number of pyridine rings is 1. The van der Waals surface area contributed by atoms with E-state index in [0.29, 0.717) is 12.7 Å². The van der Waals surface area contributed by atoms with Crippen LogP contribution in [-0.4, -0.2) is 56.6 Å². The van der Waals surface area contributed by atoms with Gasteiger partial charge in [0.05, 0.1) is 12.7 Å². The molecule has 1 fully saturated rings. The van der Waals surface area contributed by atoms with Crippen molar-refractivity contribution in [1.82, 2.24) is 15.2 Å². The van der Waals surface area contributed by atoms with E-state index in [1.807, 2.05) is 12.3 Å². The minimum absolute atomic E-state index is 0. The molecule has 1 atom stereocenters. The van der Waals surface area contributed by atoms with Crippen LogP contribution < -0.4 is 16.2 Å². The van der Waals surface area contributed by atoms with Gasteiger partial charge in [-0.1, -0.05) is 6.07 Å². The summed E-state index contributed by atoms with van der Waals surface area (Å²) in [5.74, 6) is 0.806. The van der Waals surface area contributed by atoms with Crippen molar-refractivity contribution in [2.24, 2.45) is 4.99 Å². The van der Waals surface area contributed by atoms with Gasteiger partial charge in [0.2, 0.25) is 5.56 Å². The van der Waals surface area contributed by atoms with Crippen LogP contribution in [-0.2, 0) is 16.0 Å². The number of aliphatic imine (C=N–C) groups is 1. The van der Waals surface area contributed by atoms with Crippen molar-refractivity contribution in [1.29, 1.82) is 0 Å². The van der Waals surface area contributed by atoms with Gasteiger partial charge in [0.1, 0.15) is 0 Å². The van der Waals surface area contributed by atoms with E-state index in [0.717, 1.165) is 70.9 Å². The first-order valence-corrected chi connectivity index (χ1v) is 9.59. The molecular weight excluding hydrogens is 459 g/mol. The fourth-order valence-corrected chi connectivity index (χ4v) is 2.85. The van der Waals surface area contributed by atoms with Gasteiger partial charge in [-0.2, -0.15) is 0 Å². The molecule has 0 aliphatic carbocycles. The van der Waals surface area contributed by atoms with Crippen LogP contribution in [0.4, 0.5) is 0 Å². The number of unbranched alkanes of at least 4 members (excludes halogenated alkanes) is 1. The van der Waals surface area contributed by atoms with Crippen LogP contribution in [0.2, 0.25) is 0 Å². The summed E-state index contributed by atoms with van der Waals surface area (Å²) in [6, 6.07) is 5.24. The lowest BCUT2D eigenvalue weighted by atomic mass is 10.2. The van der Waals surface area contributed by atoms with E-state index in [1.165, 1.54) is 0 Å². The second kappa shape index (κ2) is 14.9. The normalized spacial score (nSPS) is 16.8. The molecule has 1 saturated heterocycles. The maximum absolute atomic E-state index is 11.6. The van der Waals surface area contributed by atoms with Crippen molar-refractivity contribution in [2.75, 3.05) is 40.0 Å². The standard InChI is InChI=1S/C19H32N4O3.HI/c1-20-19(22-11-7-14-25-16-17-8-6-15-26-17)21-10-3-5-13-23-12-4-2-9-18(23)24;/h2,4,9,12,17H,3,5-8,10-11,13-16H2,1H3,(H2,20,21,22);1H. The van der Waals surface area contributed by atoms with Gasteiger partial charge in [0, 0.05) is 52.2 Å². The van der Waals surface area contributed by atoms with Crippen molar-refractivity contribution < 1.29 is 9.47 Å². The summed E-state index contributed by atoms with van der Waals surface area (Å²) in [4.78, 5) is 15.8. The second-order valence-electron chi connectivity index (χ2n) is 6.43. The van der Waals surface area contributed by atoms with Crippen LogP contribution in [0.5, 0.6) is 0 Å². The summed E-state index contributed by atoms with van der Waals surface area (Å²) >= 11 is 0. The molecule has 154 valence electrons. The lowest BCUT2D eigenvalue weighted by molar-refractivity contribution is 0.0168. The third-order valence-electron chi connectivity index (χ3n) is 4.33. The molecule has 2 rings (SSSR count). The fourth-order valence-electron chi connectivity index (χ4n) is 2.85. The first-order valence-electron chi connectivity index (χ1n) is 9.59. The van der Waals surface area contributed by atoms with Crippen LogP contribution >= 0.6 is 24.0 Å². The smallest absolute Gasteiger partial charge is 0.250 e. The highest BCUT2D eigenvalue weighted by Crippen LogP contribution is 2.11. The Bertz CT molecular complexity index is 588. The summed E-state index contributed by atoms with van der Waals surface area (Å²) in [5.41, 5.74) is 0.0552. The van der Waals surface area contributed by atoms with Gasteiger partial charge in [0.25, 0.3) is 0 Å². The molecule has 1 unspecified atom stereocenters. The maximum atomic E-state index is 11.6. The average molecular weight is 492 g/mol. The largest absolute Gasteiger partial charge is 0.379 e. The molecule has 0 spiro atoms. The molecular formula is C19H33IN4O3. The van der Waals surface area contributed by atoms with Gasteiger partial charge in [-0.3, -0.25) is 9.79 Å². The number of guanidine groups is 1. The van der Waals surface area contributed by atoms with Gasteiger partial charge in [-0.25, -0.2) is 0 Å². The third-order valence-corrected chi connectivity index (χ3v) is 4.33. The molecule has 1 aromatic rings. The topological polar surface area (TPSA) is 76.9 Å². The van der Waals surface area contributed by atoms with Crippen molar-refractivity contribution >= 4 is 29.9 Å². The van der Waals surface area contributed by atoms with Crippen LogP contribution in [0.3, 0.4) is 0 Å². The van der Waals surface area contributed by atoms with E-state index in [2.05, 4.69) is 15.6 Å². The van der Waals surface area contributed by atoms with E-state index in [-0.39, 0.29) is 29.5 Å². The molecule has 0 bridgehead atoms. The Balaban J connectivity index is 0.00000364. The summed E-state index contributed by atoms with van der Waals surface area (Å²) in [6.07, 6.45) is 7.26. The number of hydrogen-bond donors (Lipinski definition) is 2. The van der Waals surface area contributed by atoms with Gasteiger partial charge < -0.3 is 24.7 Å². The average Bonchev–Trinajstić information content (AvgIpc) is 3.17. The predicted molar refractivity (Wildman–Crippen MR) is 119 cm³/mol. The number of hydrogen-bond acceptors (Lipinski definition) is 4. The highest BCUT2D eigenvalue weighted by Gasteiger charge is 2.14. The molecule has 1 aliphatic heterocycles. The Labute approximate surface area is 178 Å². The Kier molecular flexibility index (Phi) is 13.2. The maximum Gasteiger partial charge on any atom is 0.250 e. The molecule has 8 heteroatoms. The predicted octanol–water partition coefficient (Wildman–Crippen LogP) is 2.00. The number of nitrogens with zero attached hydrogens (tertiary/aromatic N) is 2. The number of nitrogens with one attached hydrogen (secondary N) is 2. The SMILES string of the molecule is CN=C(NCCCCn1ccccc1=O)NCCCOCC1CCCO1.I. The van der Waals surface area contributed by atoms with Crippen LogP contribution in [0.15, 0.2) is 34.2 Å². The summed E-state index contributed by atoms with van der Waals surface area (Å²) in [5, 5.41) is 6.58. The number of aromatic nitrogens is 1. The van der Waals surface area contributed by atoms with E-state index in [1.54, 1.807) is 23.7 Å². The van der Waals surface area contributed by atoms with Gasteiger partial charge in [-0.05, 0) is 38.2 Å². The zero-order valence-electron chi connectivity index (χ0n) is 16.2. The number of rotatable bonds is 11. The lowest BCUT2D eigenvalue weighted by Crippen LogP contribution is -2.38. The Morgan fingerprint density at radius 3 is 2.81 bits per heavy atom. The monoisotopic (exact) mass is 492 g/mol. The van der Waals surface area contributed by atoms with Crippen LogP contribution in [0, 0.1) is 0 Å². The second-order valence-corrected chi connectivity index (χ2v) is 6.43. The van der Waals surface area contributed by atoms with E-state index >= 15 is 0 Å². The molecule has 2 N–H and O–H groups in total. The minimum Gasteiger partial charge on any atom is -0.379 e. The van der Waals surface area contributed by atoms with Gasteiger partial charge in [-0.15, -0.1) is 24.0 Å². The zero-order chi connectivity index (χ0) is 18.5. The summed E-state index contributed by atoms with van der Waals surface area (Å²) in [6.45, 7) is 4.71. The van der Waals surface area contributed by atoms with E-state index < -0.39 is 0 Å². The highest BCUT2D eigenvalue weighted by molar-refractivity contribution is 14.0. The first kappa shape index (κ1) is 23.9. The molecule has 0 radical (unpaired) electrons. The highest BCUT2D eigenvalue weighted by atomic mass is 127. The number of halogens is 1. The molecule has 2 heterocycles. The molecule has 1 aliphatic rings. The number of ether oxygens (including phenoxy) is 2. The van der Waals surface area contributed by atoms with Crippen molar-refractivity contribution in [3.8, 4) is 0 Å². The van der Waals surface area contributed by atoms with Gasteiger partial charge >= 0.3 is 0 Å². The minimum atomic E-state index is 0. The van der Waals surface area contributed by atoms with Crippen molar-refractivity contribution in [3.05, 3.63) is 34.7 Å². The fraction of sp³-hybridized carbons (Fsp3) is 0.684. The molecule has 0 amide bonds. The van der Waals surface area contributed by atoms with Crippen molar-refractivity contribution in [3.63, 3.8) is 0 Å². The Hall–Kier alpha value is -1.13. The molecule has 0 saturated carbocycles. The van der Waals surface area contributed by atoms with Crippen molar-refractivity contribution in [2.45, 2.75) is 44.8 Å². The molecule has 0 aromatic carbocycles. The Morgan fingerprint density at radius 1 is 1.30 bits per heavy atom. The van der Waals surface area contributed by atoms with Crippen LogP contribution in [0.1, 0.15) is 32.1 Å². The zero-order valence-corrected chi connectivity index (χ0v) is 18.5. The number of aryl methyl sites for hydroxylation is 1. The van der Waals surface area contributed by atoms with Crippen LogP contribution in [0.25, 0.3) is 0 Å². The lowest BCUT2D eigenvalue weighted by Gasteiger charge is -2.13. The quantitative estimate of drug-likeness (QED) is 0.214. The summed E-state index contributed by atoms with van der Waals surface area (Å²) in [7, 11) is 1.77. The molecule has 7 nitrogen and oxygen atoms in total.